The predicted octanol–water partition coefficient (Wildman–Crippen LogP) is 5.00. The molecule has 0 saturated carbocycles. The lowest BCUT2D eigenvalue weighted by atomic mass is 9.86. The van der Waals surface area contributed by atoms with Gasteiger partial charge < -0.3 is 9.53 Å². The van der Waals surface area contributed by atoms with Crippen LogP contribution in [0.3, 0.4) is 0 Å². The van der Waals surface area contributed by atoms with Crippen LogP contribution in [0.25, 0.3) is 6.08 Å². The van der Waals surface area contributed by atoms with Crippen LogP contribution in [0, 0.1) is 0 Å². The van der Waals surface area contributed by atoms with Gasteiger partial charge in [0.25, 0.3) is 0 Å². The fourth-order valence-electron chi connectivity index (χ4n) is 2.39. The molecule has 0 aliphatic rings. The van der Waals surface area contributed by atoms with Crippen LogP contribution in [0.4, 0.5) is 0 Å². The van der Waals surface area contributed by atoms with Gasteiger partial charge in [-0.2, -0.15) is 0 Å². The fraction of sp³-hybridized carbons (Fsp3) is 0.286. The Balaban J connectivity index is 2.02. The summed E-state index contributed by atoms with van der Waals surface area (Å²) in [5.74, 6) is 0.230. The zero-order valence-corrected chi connectivity index (χ0v) is 14.0. The van der Waals surface area contributed by atoms with Crippen molar-refractivity contribution in [1.82, 2.24) is 0 Å². The van der Waals surface area contributed by atoms with Gasteiger partial charge in [-0.15, -0.1) is 0 Å². The van der Waals surface area contributed by atoms with Crippen LogP contribution in [0.1, 0.15) is 43.4 Å². The van der Waals surface area contributed by atoms with Crippen molar-refractivity contribution < 1.29 is 9.53 Å². The van der Waals surface area contributed by atoms with E-state index in [1.54, 1.807) is 6.26 Å². The van der Waals surface area contributed by atoms with Crippen molar-refractivity contribution in [3.63, 3.8) is 0 Å². The molecule has 0 fully saturated rings. The first-order valence-electron chi connectivity index (χ1n) is 7.95. The van der Waals surface area contributed by atoms with E-state index >= 15 is 0 Å². The number of benzene rings is 2. The summed E-state index contributed by atoms with van der Waals surface area (Å²) >= 11 is 0. The second-order valence-electron chi connectivity index (χ2n) is 6.27. The smallest absolute Gasteiger partial charge is 0.124 e. The molecule has 2 aromatic rings. The van der Waals surface area contributed by atoms with Gasteiger partial charge in [-0.05, 0) is 36.6 Å². The number of rotatable bonds is 7. The minimum atomic E-state index is -0.322. The van der Waals surface area contributed by atoms with Crippen LogP contribution in [0.2, 0.25) is 0 Å². The van der Waals surface area contributed by atoms with E-state index in [9.17, 15) is 4.79 Å². The molecule has 23 heavy (non-hydrogen) atoms. The molecule has 0 spiro atoms. The van der Waals surface area contributed by atoms with Crippen LogP contribution < -0.4 is 0 Å². The molecule has 0 N–H and O–H groups in total. The summed E-state index contributed by atoms with van der Waals surface area (Å²) in [5.41, 5.74) is 3.04. The largest absolute Gasteiger partial charge is 0.495 e. The Morgan fingerprint density at radius 1 is 1.04 bits per heavy atom. The molecule has 1 unspecified atom stereocenters. The van der Waals surface area contributed by atoms with Gasteiger partial charge in [0.1, 0.15) is 11.9 Å². The third-order valence-corrected chi connectivity index (χ3v) is 4.27. The topological polar surface area (TPSA) is 26.3 Å². The minimum Gasteiger partial charge on any atom is -0.495 e. The summed E-state index contributed by atoms with van der Waals surface area (Å²) in [4.78, 5) is 10.6. The second-order valence-corrected chi connectivity index (χ2v) is 6.27. The van der Waals surface area contributed by atoms with Gasteiger partial charge in [0.15, 0.2) is 0 Å². The summed E-state index contributed by atoms with van der Waals surface area (Å²) in [6, 6.07) is 18.3. The van der Waals surface area contributed by atoms with E-state index < -0.39 is 0 Å². The summed E-state index contributed by atoms with van der Waals surface area (Å²) in [6.07, 6.45) is 5.14. The van der Waals surface area contributed by atoms with Gasteiger partial charge in [0.05, 0.1) is 6.26 Å². The molecule has 2 nitrogen and oxygen atoms in total. The Morgan fingerprint density at radius 3 is 2.30 bits per heavy atom. The van der Waals surface area contributed by atoms with Crippen molar-refractivity contribution in [2.45, 2.75) is 38.7 Å². The predicted molar refractivity (Wildman–Crippen MR) is 95.3 cm³/mol. The molecule has 0 aliphatic heterocycles. The lowest BCUT2D eigenvalue weighted by molar-refractivity contribution is -0.107. The Morgan fingerprint density at radius 2 is 1.70 bits per heavy atom. The summed E-state index contributed by atoms with van der Waals surface area (Å²) in [6.45, 7) is 6.34. The van der Waals surface area contributed by atoms with Crippen LogP contribution in [-0.4, -0.2) is 11.9 Å². The first kappa shape index (κ1) is 17.0. The highest BCUT2D eigenvalue weighted by atomic mass is 16.5. The zero-order valence-electron chi connectivity index (χ0n) is 14.0. The lowest BCUT2D eigenvalue weighted by Gasteiger charge is -2.31. The molecule has 1 atom stereocenters. The van der Waals surface area contributed by atoms with Crippen LogP contribution in [0.5, 0.6) is 0 Å². The Hall–Kier alpha value is -2.35. The first-order valence-corrected chi connectivity index (χ1v) is 7.95. The maximum atomic E-state index is 10.6. The van der Waals surface area contributed by atoms with E-state index in [-0.39, 0.29) is 11.5 Å². The molecule has 0 saturated heterocycles. The van der Waals surface area contributed by atoms with Crippen LogP contribution in [0.15, 0.2) is 60.9 Å². The Labute approximate surface area is 138 Å². The lowest BCUT2D eigenvalue weighted by Crippen LogP contribution is -2.29. The zero-order chi connectivity index (χ0) is 16.7. The van der Waals surface area contributed by atoms with Gasteiger partial charge in [0, 0.05) is 12.3 Å². The number of carbonyl (C=O) groups is 1. The summed E-state index contributed by atoms with van der Waals surface area (Å²) in [7, 11) is 0. The third kappa shape index (κ3) is 4.82. The van der Waals surface area contributed by atoms with Gasteiger partial charge >= 0.3 is 0 Å². The molecule has 2 heteroatoms. The SMILES string of the molecule is CC(c1ccc(CC=O)cc1)C(C)(C)OC=Cc1ccccc1. The average molecular weight is 308 g/mol. The van der Waals surface area contributed by atoms with Gasteiger partial charge in [0.2, 0.25) is 0 Å². The normalized spacial score (nSPS) is 13.0. The van der Waals surface area contributed by atoms with E-state index in [0.29, 0.717) is 6.42 Å². The highest BCUT2D eigenvalue weighted by Crippen LogP contribution is 2.31. The van der Waals surface area contributed by atoms with E-state index in [4.69, 9.17) is 4.74 Å². The fourth-order valence-corrected chi connectivity index (χ4v) is 2.39. The monoisotopic (exact) mass is 308 g/mol. The third-order valence-electron chi connectivity index (χ3n) is 4.27. The molecule has 2 aromatic carbocycles. The Bertz CT molecular complexity index is 639. The van der Waals surface area contributed by atoms with Gasteiger partial charge in [-0.1, -0.05) is 61.5 Å². The molecule has 0 bridgehead atoms. The van der Waals surface area contributed by atoms with E-state index in [1.807, 2.05) is 48.5 Å². The summed E-state index contributed by atoms with van der Waals surface area (Å²) < 4.78 is 5.99. The molecule has 0 amide bonds. The number of carbonyl (C=O) groups excluding carboxylic acids is 1. The maximum absolute atomic E-state index is 10.6. The minimum absolute atomic E-state index is 0.230. The van der Waals surface area contributed by atoms with Crippen molar-refractivity contribution in [2.75, 3.05) is 0 Å². The van der Waals surface area contributed by atoms with Crippen LogP contribution >= 0.6 is 0 Å². The van der Waals surface area contributed by atoms with Gasteiger partial charge in [-0.3, -0.25) is 0 Å². The van der Waals surface area contributed by atoms with Crippen molar-refractivity contribution in [1.29, 1.82) is 0 Å². The number of hydrogen-bond donors (Lipinski definition) is 0. The number of hydrogen-bond acceptors (Lipinski definition) is 2. The highest BCUT2D eigenvalue weighted by molar-refractivity contribution is 5.55. The molecule has 0 radical (unpaired) electrons. The molecule has 0 heterocycles. The van der Waals surface area contributed by atoms with Crippen molar-refractivity contribution in [3.05, 3.63) is 77.5 Å². The number of ether oxygens (including phenoxy) is 1. The molecule has 0 aromatic heterocycles. The molecule has 2 rings (SSSR count). The van der Waals surface area contributed by atoms with E-state index in [2.05, 4.69) is 32.9 Å². The molecular weight excluding hydrogens is 284 g/mol. The summed E-state index contributed by atoms with van der Waals surface area (Å²) in [5, 5.41) is 0. The van der Waals surface area contributed by atoms with E-state index in [1.165, 1.54) is 5.56 Å². The second kappa shape index (κ2) is 7.77. The Kier molecular flexibility index (Phi) is 5.75. The van der Waals surface area contributed by atoms with Crippen molar-refractivity contribution in [2.24, 2.45) is 0 Å². The highest BCUT2D eigenvalue weighted by Gasteiger charge is 2.27. The molecule has 120 valence electrons. The number of aldehydes is 1. The van der Waals surface area contributed by atoms with Crippen molar-refractivity contribution in [3.8, 4) is 0 Å². The maximum Gasteiger partial charge on any atom is 0.124 e. The quantitative estimate of drug-likeness (QED) is 0.531. The molecule has 0 aliphatic carbocycles. The standard InChI is InChI=1S/C21H24O2/c1-17(20-11-9-19(10-12-20)13-15-22)21(2,3)23-16-14-18-7-5-4-6-8-18/h4-12,14-17H,13H2,1-3H3. The van der Waals surface area contributed by atoms with Crippen LogP contribution in [-0.2, 0) is 16.0 Å². The van der Waals surface area contributed by atoms with E-state index in [0.717, 1.165) is 17.4 Å². The first-order chi connectivity index (χ1) is 11.0. The van der Waals surface area contributed by atoms with Crippen molar-refractivity contribution >= 4 is 12.4 Å². The average Bonchev–Trinajstić information content (AvgIpc) is 2.56. The van der Waals surface area contributed by atoms with Gasteiger partial charge in [-0.25, -0.2) is 0 Å². The molecular formula is C21H24O2.